The molecule has 0 saturated carbocycles. The molecule has 0 fully saturated rings. The van der Waals surface area contributed by atoms with E-state index in [1.54, 1.807) is 14.2 Å². The highest BCUT2D eigenvalue weighted by Gasteiger charge is 2.16. The number of methoxy groups -OCH3 is 2. The van der Waals surface area contributed by atoms with Crippen LogP contribution in [0.5, 0.6) is 11.5 Å². The molecule has 4 aromatic rings. The molecule has 2 aromatic carbocycles. The van der Waals surface area contributed by atoms with E-state index < -0.39 is 0 Å². The van der Waals surface area contributed by atoms with Gasteiger partial charge in [0.1, 0.15) is 11.6 Å². The molecule has 0 unspecified atom stereocenters. The number of hydrogen-bond donors (Lipinski definition) is 1. The Balaban J connectivity index is 1.80. The second-order valence-electron chi connectivity index (χ2n) is 6.63. The van der Waals surface area contributed by atoms with Gasteiger partial charge in [-0.1, -0.05) is 24.3 Å². The zero-order valence-corrected chi connectivity index (χ0v) is 16.4. The van der Waals surface area contributed by atoms with Crippen LogP contribution in [0.15, 0.2) is 48.7 Å². The number of anilines is 1. The number of aromatic nitrogens is 3. The first-order valence-corrected chi connectivity index (χ1v) is 9.11. The molecule has 1 N–H and O–H groups in total. The van der Waals surface area contributed by atoms with Crippen molar-refractivity contribution in [3.05, 3.63) is 60.0 Å². The molecule has 4 rings (SSSR count). The fraction of sp³-hybridized carbons (Fsp3) is 0.227. The molecule has 0 aliphatic carbocycles. The quantitative estimate of drug-likeness (QED) is 0.547. The van der Waals surface area contributed by atoms with Crippen LogP contribution in [0.1, 0.15) is 24.4 Å². The first-order chi connectivity index (χ1) is 13.6. The summed E-state index contributed by atoms with van der Waals surface area (Å²) in [5.41, 5.74) is 2.90. The lowest BCUT2D eigenvalue weighted by Crippen LogP contribution is -2.10. The zero-order valence-electron chi connectivity index (χ0n) is 16.4. The molecule has 0 aliphatic rings. The summed E-state index contributed by atoms with van der Waals surface area (Å²) in [5.74, 6) is 2.73. The number of rotatable bonds is 5. The number of benzene rings is 2. The SMILES string of the molecule is COc1cc2nc(C)nc(N[C@H](C)c3cccc4cccnc34)c2cc1OC. The van der Waals surface area contributed by atoms with E-state index in [0.29, 0.717) is 17.3 Å². The van der Waals surface area contributed by atoms with Gasteiger partial charge >= 0.3 is 0 Å². The third-order valence-corrected chi connectivity index (χ3v) is 4.80. The van der Waals surface area contributed by atoms with Crippen LogP contribution in [-0.2, 0) is 0 Å². The first-order valence-electron chi connectivity index (χ1n) is 9.11. The van der Waals surface area contributed by atoms with Gasteiger partial charge in [-0.05, 0) is 26.0 Å². The van der Waals surface area contributed by atoms with Crippen LogP contribution >= 0.6 is 0 Å². The summed E-state index contributed by atoms with van der Waals surface area (Å²) in [6.45, 7) is 3.99. The van der Waals surface area contributed by atoms with Gasteiger partial charge in [0.2, 0.25) is 0 Å². The summed E-state index contributed by atoms with van der Waals surface area (Å²) in [6, 6.07) is 14.0. The number of aryl methyl sites for hydroxylation is 1. The smallest absolute Gasteiger partial charge is 0.162 e. The Bertz CT molecular complexity index is 1150. The third kappa shape index (κ3) is 3.17. The van der Waals surface area contributed by atoms with E-state index in [1.807, 2.05) is 31.3 Å². The van der Waals surface area contributed by atoms with Crippen LogP contribution in [0.3, 0.4) is 0 Å². The standard InChI is InChI=1S/C22H22N4O2/c1-13(16-9-5-7-15-8-6-10-23-21(15)16)24-22-17-11-19(27-3)20(28-4)12-18(17)25-14(2)26-22/h5-13H,1-4H3,(H,24,25,26)/t13-/m1/s1. The lowest BCUT2D eigenvalue weighted by Gasteiger charge is -2.19. The highest BCUT2D eigenvalue weighted by Crippen LogP contribution is 2.35. The van der Waals surface area contributed by atoms with E-state index in [-0.39, 0.29) is 6.04 Å². The second kappa shape index (κ2) is 7.31. The maximum atomic E-state index is 5.46. The molecule has 0 radical (unpaired) electrons. The fourth-order valence-electron chi connectivity index (χ4n) is 3.44. The lowest BCUT2D eigenvalue weighted by molar-refractivity contribution is 0.356. The maximum absolute atomic E-state index is 5.46. The minimum Gasteiger partial charge on any atom is -0.493 e. The van der Waals surface area contributed by atoms with Crippen LogP contribution in [0.25, 0.3) is 21.8 Å². The molecule has 28 heavy (non-hydrogen) atoms. The van der Waals surface area contributed by atoms with Crippen molar-refractivity contribution in [2.75, 3.05) is 19.5 Å². The van der Waals surface area contributed by atoms with Crippen molar-refractivity contribution < 1.29 is 9.47 Å². The van der Waals surface area contributed by atoms with Crippen molar-refractivity contribution in [2.45, 2.75) is 19.9 Å². The van der Waals surface area contributed by atoms with Gasteiger partial charge in [-0.3, -0.25) is 4.98 Å². The molecular weight excluding hydrogens is 352 g/mol. The highest BCUT2D eigenvalue weighted by molar-refractivity contribution is 5.92. The van der Waals surface area contributed by atoms with E-state index in [9.17, 15) is 0 Å². The minimum atomic E-state index is 0.00389. The molecule has 0 amide bonds. The molecular formula is C22H22N4O2. The highest BCUT2D eigenvalue weighted by atomic mass is 16.5. The summed E-state index contributed by atoms with van der Waals surface area (Å²) in [7, 11) is 3.24. The van der Waals surface area contributed by atoms with Gasteiger partial charge in [0, 0.05) is 28.6 Å². The average Bonchev–Trinajstić information content (AvgIpc) is 2.72. The van der Waals surface area contributed by atoms with Crippen molar-refractivity contribution >= 4 is 27.6 Å². The predicted molar refractivity (Wildman–Crippen MR) is 111 cm³/mol. The molecule has 6 heteroatoms. The number of pyridine rings is 1. The molecule has 6 nitrogen and oxygen atoms in total. The van der Waals surface area contributed by atoms with E-state index >= 15 is 0 Å². The summed E-state index contributed by atoms with van der Waals surface area (Å²) in [6.07, 6.45) is 1.82. The van der Waals surface area contributed by atoms with E-state index in [2.05, 4.69) is 51.5 Å². The Morgan fingerprint density at radius 2 is 1.71 bits per heavy atom. The Morgan fingerprint density at radius 3 is 2.50 bits per heavy atom. The summed E-state index contributed by atoms with van der Waals surface area (Å²) >= 11 is 0. The predicted octanol–water partition coefficient (Wildman–Crippen LogP) is 4.68. The van der Waals surface area contributed by atoms with E-state index in [0.717, 1.165) is 33.2 Å². The van der Waals surface area contributed by atoms with Crippen molar-refractivity contribution in [1.82, 2.24) is 15.0 Å². The number of ether oxygens (including phenoxy) is 2. The van der Waals surface area contributed by atoms with Gasteiger partial charge in [-0.25, -0.2) is 9.97 Å². The number of fused-ring (bicyclic) bond motifs is 2. The monoisotopic (exact) mass is 374 g/mol. The lowest BCUT2D eigenvalue weighted by atomic mass is 10.0. The van der Waals surface area contributed by atoms with Crippen LogP contribution in [0.2, 0.25) is 0 Å². The maximum Gasteiger partial charge on any atom is 0.162 e. The normalized spacial score (nSPS) is 12.1. The molecule has 142 valence electrons. The van der Waals surface area contributed by atoms with E-state index in [4.69, 9.17) is 9.47 Å². The first kappa shape index (κ1) is 18.0. The second-order valence-corrected chi connectivity index (χ2v) is 6.63. The topological polar surface area (TPSA) is 69.2 Å². The van der Waals surface area contributed by atoms with Crippen LogP contribution in [0, 0.1) is 6.92 Å². The van der Waals surface area contributed by atoms with Gasteiger partial charge in [-0.2, -0.15) is 0 Å². The fourth-order valence-corrected chi connectivity index (χ4v) is 3.44. The summed E-state index contributed by atoms with van der Waals surface area (Å²) in [5, 5.41) is 5.53. The molecule has 0 bridgehead atoms. The summed E-state index contributed by atoms with van der Waals surface area (Å²) < 4.78 is 10.9. The van der Waals surface area contributed by atoms with Crippen LogP contribution in [0.4, 0.5) is 5.82 Å². The Kier molecular flexibility index (Phi) is 4.69. The Morgan fingerprint density at radius 1 is 0.964 bits per heavy atom. The molecule has 2 aromatic heterocycles. The zero-order chi connectivity index (χ0) is 19.7. The summed E-state index contributed by atoms with van der Waals surface area (Å²) in [4.78, 5) is 13.8. The van der Waals surface area contributed by atoms with E-state index in [1.165, 1.54) is 0 Å². The molecule has 1 atom stereocenters. The van der Waals surface area contributed by atoms with Gasteiger partial charge < -0.3 is 14.8 Å². The number of hydrogen-bond acceptors (Lipinski definition) is 6. The average molecular weight is 374 g/mol. The molecule has 0 spiro atoms. The Labute approximate surface area is 163 Å². The molecule has 0 aliphatic heterocycles. The minimum absolute atomic E-state index is 0.00389. The van der Waals surface area contributed by atoms with Crippen molar-refractivity contribution in [2.24, 2.45) is 0 Å². The number of nitrogens with one attached hydrogen (secondary N) is 1. The van der Waals surface area contributed by atoms with Crippen LogP contribution < -0.4 is 14.8 Å². The molecule has 2 heterocycles. The Hall–Kier alpha value is -3.41. The molecule has 0 saturated heterocycles. The van der Waals surface area contributed by atoms with Gasteiger partial charge in [-0.15, -0.1) is 0 Å². The van der Waals surface area contributed by atoms with Crippen molar-refractivity contribution in [3.63, 3.8) is 0 Å². The van der Waals surface area contributed by atoms with Gasteiger partial charge in [0.15, 0.2) is 11.5 Å². The largest absolute Gasteiger partial charge is 0.493 e. The van der Waals surface area contributed by atoms with Crippen LogP contribution in [-0.4, -0.2) is 29.2 Å². The van der Waals surface area contributed by atoms with Crippen molar-refractivity contribution in [1.29, 1.82) is 0 Å². The number of para-hydroxylation sites is 1. The van der Waals surface area contributed by atoms with Gasteiger partial charge in [0.25, 0.3) is 0 Å². The number of nitrogens with zero attached hydrogens (tertiary/aromatic N) is 3. The van der Waals surface area contributed by atoms with Gasteiger partial charge in [0.05, 0.1) is 31.3 Å². The van der Waals surface area contributed by atoms with Crippen molar-refractivity contribution in [3.8, 4) is 11.5 Å². The third-order valence-electron chi connectivity index (χ3n) is 4.80.